The Labute approximate surface area is 121 Å². The number of hydrogen-bond acceptors (Lipinski definition) is 5. The summed E-state index contributed by atoms with van der Waals surface area (Å²) in [5, 5.41) is 12.8. The number of thiophene rings is 1. The van der Waals surface area contributed by atoms with Crippen molar-refractivity contribution in [2.75, 3.05) is 13.2 Å². The van der Waals surface area contributed by atoms with E-state index in [9.17, 15) is 14.4 Å². The van der Waals surface area contributed by atoms with Crippen LogP contribution in [0.25, 0.3) is 0 Å². The molecule has 0 saturated carbocycles. The molecule has 1 rings (SSSR count). The SMILES string of the molecule is O=C(O)COCC(=O)NC(=O)NCc1ccc(Br)s1. The monoisotopic (exact) mass is 350 g/mol. The topological polar surface area (TPSA) is 105 Å². The molecule has 0 atom stereocenters. The fraction of sp³-hybridized carbons (Fsp3) is 0.300. The number of amides is 3. The van der Waals surface area contributed by atoms with Crippen LogP contribution in [0.1, 0.15) is 4.88 Å². The number of carbonyl (C=O) groups is 3. The van der Waals surface area contributed by atoms with Crippen molar-refractivity contribution in [3.63, 3.8) is 0 Å². The summed E-state index contributed by atoms with van der Waals surface area (Å²) in [4.78, 5) is 33.5. The van der Waals surface area contributed by atoms with Gasteiger partial charge in [-0.3, -0.25) is 10.1 Å². The number of hydrogen-bond donors (Lipinski definition) is 3. The molecule has 0 radical (unpaired) electrons. The quantitative estimate of drug-likeness (QED) is 0.708. The van der Waals surface area contributed by atoms with Crippen molar-refractivity contribution in [3.8, 4) is 0 Å². The molecule has 0 bridgehead atoms. The summed E-state index contributed by atoms with van der Waals surface area (Å²) in [6.07, 6.45) is 0. The molecule has 19 heavy (non-hydrogen) atoms. The van der Waals surface area contributed by atoms with E-state index in [1.807, 2.05) is 17.4 Å². The molecule has 9 heteroatoms. The maximum atomic E-state index is 11.3. The molecule has 0 unspecified atom stereocenters. The summed E-state index contributed by atoms with van der Waals surface area (Å²) in [6.45, 7) is -0.770. The van der Waals surface area contributed by atoms with Crippen LogP contribution in [-0.2, 0) is 20.9 Å². The van der Waals surface area contributed by atoms with E-state index < -0.39 is 31.1 Å². The summed E-state index contributed by atoms with van der Waals surface area (Å²) >= 11 is 4.76. The second kappa shape index (κ2) is 7.87. The third-order valence-electron chi connectivity index (χ3n) is 1.76. The molecule has 0 aliphatic heterocycles. The normalized spacial score (nSPS) is 9.95. The molecule has 1 aromatic heterocycles. The van der Waals surface area contributed by atoms with Gasteiger partial charge in [0.25, 0.3) is 5.91 Å². The van der Waals surface area contributed by atoms with Crippen LogP contribution < -0.4 is 10.6 Å². The number of carboxylic acid groups (broad SMARTS) is 1. The molecule has 1 aromatic rings. The first-order valence-corrected chi connectivity index (χ1v) is 6.69. The molecule has 7 nitrogen and oxygen atoms in total. The van der Waals surface area contributed by atoms with E-state index in [1.165, 1.54) is 11.3 Å². The zero-order valence-corrected chi connectivity index (χ0v) is 12.0. The lowest BCUT2D eigenvalue weighted by atomic mass is 10.5. The molecular formula is C10H11BrN2O5S. The van der Waals surface area contributed by atoms with E-state index in [1.54, 1.807) is 0 Å². The lowest BCUT2D eigenvalue weighted by molar-refractivity contribution is -0.143. The number of halogens is 1. The van der Waals surface area contributed by atoms with Gasteiger partial charge in [-0.2, -0.15) is 0 Å². The predicted molar refractivity (Wildman–Crippen MR) is 70.9 cm³/mol. The van der Waals surface area contributed by atoms with Crippen molar-refractivity contribution >= 4 is 45.2 Å². The summed E-state index contributed by atoms with van der Waals surface area (Å²) in [5.41, 5.74) is 0. The van der Waals surface area contributed by atoms with Crippen molar-refractivity contribution in [1.29, 1.82) is 0 Å². The predicted octanol–water partition coefficient (Wildman–Crippen LogP) is 0.938. The zero-order chi connectivity index (χ0) is 14.3. The van der Waals surface area contributed by atoms with Gasteiger partial charge >= 0.3 is 12.0 Å². The Balaban J connectivity index is 2.19. The van der Waals surface area contributed by atoms with Crippen LogP contribution in [0.2, 0.25) is 0 Å². The summed E-state index contributed by atoms with van der Waals surface area (Å²) < 4.78 is 5.48. The molecule has 0 fully saturated rings. The maximum Gasteiger partial charge on any atom is 0.329 e. The zero-order valence-electron chi connectivity index (χ0n) is 9.64. The van der Waals surface area contributed by atoms with E-state index in [0.29, 0.717) is 6.54 Å². The first kappa shape index (κ1) is 15.6. The first-order valence-electron chi connectivity index (χ1n) is 5.09. The lowest BCUT2D eigenvalue weighted by Crippen LogP contribution is -2.40. The van der Waals surface area contributed by atoms with E-state index >= 15 is 0 Å². The van der Waals surface area contributed by atoms with Gasteiger partial charge in [-0.15, -0.1) is 11.3 Å². The molecule has 0 aliphatic rings. The molecule has 3 amide bonds. The molecule has 104 valence electrons. The van der Waals surface area contributed by atoms with Crippen molar-refractivity contribution in [2.24, 2.45) is 0 Å². The van der Waals surface area contributed by atoms with Crippen molar-refractivity contribution in [2.45, 2.75) is 6.54 Å². The minimum atomic E-state index is -1.18. The first-order chi connectivity index (χ1) is 8.97. The number of urea groups is 1. The Bertz CT molecular complexity index is 476. The Morgan fingerprint density at radius 3 is 2.63 bits per heavy atom. The number of ether oxygens (including phenoxy) is 1. The standard InChI is InChI=1S/C10H11BrN2O5S/c11-7-2-1-6(19-7)3-12-10(17)13-8(14)4-18-5-9(15)16/h1-2H,3-5H2,(H,15,16)(H2,12,13,14,17). The highest BCUT2D eigenvalue weighted by Gasteiger charge is 2.08. The Kier molecular flexibility index (Phi) is 6.46. The minimum absolute atomic E-state index is 0.297. The smallest absolute Gasteiger partial charge is 0.329 e. The highest BCUT2D eigenvalue weighted by atomic mass is 79.9. The van der Waals surface area contributed by atoms with Gasteiger partial charge in [0.1, 0.15) is 13.2 Å². The third kappa shape index (κ3) is 6.89. The summed E-state index contributed by atoms with van der Waals surface area (Å²) in [6, 6.07) is 3.03. The second-order valence-electron chi connectivity index (χ2n) is 3.32. The average Bonchev–Trinajstić information content (AvgIpc) is 2.72. The molecule has 0 aliphatic carbocycles. The average molecular weight is 351 g/mol. The molecule has 3 N–H and O–H groups in total. The Morgan fingerprint density at radius 2 is 2.05 bits per heavy atom. The molecule has 0 saturated heterocycles. The van der Waals surface area contributed by atoms with Gasteiger partial charge in [0.15, 0.2) is 0 Å². The van der Waals surface area contributed by atoms with Gasteiger partial charge in [0, 0.05) is 4.88 Å². The molecular weight excluding hydrogens is 340 g/mol. The Hall–Kier alpha value is -1.45. The van der Waals surface area contributed by atoms with Crippen molar-refractivity contribution in [3.05, 3.63) is 20.8 Å². The van der Waals surface area contributed by atoms with Gasteiger partial charge in [-0.25, -0.2) is 9.59 Å². The second-order valence-corrected chi connectivity index (χ2v) is 5.87. The van der Waals surface area contributed by atoms with Gasteiger partial charge in [-0.1, -0.05) is 0 Å². The number of carboxylic acids is 1. The number of nitrogens with one attached hydrogen (secondary N) is 2. The number of carbonyl (C=O) groups excluding carboxylic acids is 2. The number of aliphatic carboxylic acids is 1. The van der Waals surface area contributed by atoms with Gasteiger partial charge in [0.2, 0.25) is 0 Å². The fourth-order valence-electron chi connectivity index (χ4n) is 1.05. The highest BCUT2D eigenvalue weighted by molar-refractivity contribution is 9.11. The van der Waals surface area contributed by atoms with E-state index in [2.05, 4.69) is 26.0 Å². The maximum absolute atomic E-state index is 11.3. The lowest BCUT2D eigenvalue weighted by Gasteiger charge is -2.05. The van der Waals surface area contributed by atoms with Crippen LogP contribution in [0.3, 0.4) is 0 Å². The van der Waals surface area contributed by atoms with Crippen LogP contribution >= 0.6 is 27.3 Å². The van der Waals surface area contributed by atoms with E-state index in [4.69, 9.17) is 5.11 Å². The molecule has 1 heterocycles. The van der Waals surface area contributed by atoms with Crippen LogP contribution in [0, 0.1) is 0 Å². The third-order valence-corrected chi connectivity index (χ3v) is 3.39. The van der Waals surface area contributed by atoms with E-state index in [-0.39, 0.29) is 0 Å². The fourth-order valence-corrected chi connectivity index (χ4v) is 2.47. The number of rotatable bonds is 6. The van der Waals surface area contributed by atoms with Crippen molar-refractivity contribution in [1.82, 2.24) is 10.6 Å². The minimum Gasteiger partial charge on any atom is -0.480 e. The largest absolute Gasteiger partial charge is 0.480 e. The van der Waals surface area contributed by atoms with Crippen LogP contribution in [0.5, 0.6) is 0 Å². The summed E-state index contributed by atoms with van der Waals surface area (Å²) in [5.74, 6) is -1.88. The molecule has 0 spiro atoms. The summed E-state index contributed by atoms with van der Waals surface area (Å²) in [7, 11) is 0. The highest BCUT2D eigenvalue weighted by Crippen LogP contribution is 2.21. The van der Waals surface area contributed by atoms with Crippen LogP contribution in [0.4, 0.5) is 4.79 Å². The molecule has 0 aromatic carbocycles. The van der Waals surface area contributed by atoms with Crippen molar-refractivity contribution < 1.29 is 24.2 Å². The van der Waals surface area contributed by atoms with Gasteiger partial charge < -0.3 is 15.2 Å². The van der Waals surface area contributed by atoms with Crippen LogP contribution in [-0.4, -0.2) is 36.2 Å². The van der Waals surface area contributed by atoms with E-state index in [0.717, 1.165) is 8.66 Å². The van der Waals surface area contributed by atoms with Crippen LogP contribution in [0.15, 0.2) is 15.9 Å². The Morgan fingerprint density at radius 1 is 1.32 bits per heavy atom. The number of imide groups is 1. The van der Waals surface area contributed by atoms with Gasteiger partial charge in [0.05, 0.1) is 10.3 Å². The van der Waals surface area contributed by atoms with Gasteiger partial charge in [-0.05, 0) is 28.1 Å².